The van der Waals surface area contributed by atoms with E-state index in [9.17, 15) is 0 Å². The van der Waals surface area contributed by atoms with Gasteiger partial charge in [-0.3, -0.25) is 0 Å². The molecular weight excluding hydrogens is 279 g/mol. The Morgan fingerprint density at radius 3 is 2.58 bits per heavy atom. The van der Waals surface area contributed by atoms with E-state index >= 15 is 0 Å². The summed E-state index contributed by atoms with van der Waals surface area (Å²) in [5, 5.41) is 2.88. The third-order valence-corrected chi connectivity index (χ3v) is 3.60. The molecule has 3 rings (SSSR count). The highest BCUT2D eigenvalue weighted by Gasteiger charge is 2.08. The molecule has 19 heavy (non-hydrogen) atoms. The van der Waals surface area contributed by atoms with E-state index in [2.05, 4.69) is 6.07 Å². The van der Waals surface area contributed by atoms with E-state index in [1.54, 1.807) is 18.2 Å². The van der Waals surface area contributed by atoms with Crippen LogP contribution in [0.1, 0.15) is 0 Å². The molecule has 0 atom stereocenters. The molecule has 3 aromatic rings. The van der Waals surface area contributed by atoms with Crippen molar-refractivity contribution in [2.75, 3.05) is 0 Å². The van der Waals surface area contributed by atoms with Crippen molar-refractivity contribution in [1.29, 1.82) is 0 Å². The van der Waals surface area contributed by atoms with Gasteiger partial charge in [0, 0.05) is 5.39 Å². The Balaban J connectivity index is 2.09. The fourth-order valence-corrected chi connectivity index (χ4v) is 2.22. The first-order valence-electron chi connectivity index (χ1n) is 5.77. The van der Waals surface area contributed by atoms with E-state index in [0.29, 0.717) is 15.8 Å². The molecule has 0 fully saturated rings. The molecule has 0 aromatic heterocycles. The second-order valence-electron chi connectivity index (χ2n) is 4.04. The Morgan fingerprint density at radius 1 is 0.842 bits per heavy atom. The van der Waals surface area contributed by atoms with Gasteiger partial charge in [-0.05, 0) is 29.7 Å². The van der Waals surface area contributed by atoms with Crippen LogP contribution in [-0.2, 0) is 0 Å². The van der Waals surface area contributed by atoms with Gasteiger partial charge in [0.15, 0.2) is 0 Å². The van der Waals surface area contributed by atoms with Gasteiger partial charge in [0.05, 0.1) is 5.02 Å². The highest BCUT2D eigenvalue weighted by Crippen LogP contribution is 2.36. The number of hydrogen-bond donors (Lipinski definition) is 0. The quantitative estimate of drug-likeness (QED) is 0.584. The topological polar surface area (TPSA) is 9.23 Å². The Morgan fingerprint density at radius 2 is 1.68 bits per heavy atom. The summed E-state index contributed by atoms with van der Waals surface area (Å²) >= 11 is 12.1. The molecule has 0 saturated carbocycles. The van der Waals surface area contributed by atoms with Gasteiger partial charge in [-0.25, -0.2) is 0 Å². The average Bonchev–Trinajstić information content (AvgIpc) is 2.44. The Bertz CT molecular complexity index is 732. The zero-order valence-electron chi connectivity index (χ0n) is 9.86. The molecule has 0 N–H and O–H groups in total. The van der Waals surface area contributed by atoms with Crippen molar-refractivity contribution < 1.29 is 4.74 Å². The second-order valence-corrected chi connectivity index (χ2v) is 4.83. The predicted molar refractivity (Wildman–Crippen MR) is 79.3 cm³/mol. The molecule has 0 aliphatic rings. The van der Waals surface area contributed by atoms with Gasteiger partial charge >= 0.3 is 0 Å². The SMILES string of the molecule is Clc1cccc(Oc2cc[c]c3ccccc23)c1Cl. The summed E-state index contributed by atoms with van der Waals surface area (Å²) in [6.07, 6.45) is 0. The summed E-state index contributed by atoms with van der Waals surface area (Å²) < 4.78 is 5.87. The van der Waals surface area contributed by atoms with Gasteiger partial charge in [0.1, 0.15) is 16.5 Å². The summed E-state index contributed by atoms with van der Waals surface area (Å²) in [6, 6.07) is 20.1. The van der Waals surface area contributed by atoms with Gasteiger partial charge in [0.2, 0.25) is 0 Å². The Hall–Kier alpha value is -1.70. The first-order valence-corrected chi connectivity index (χ1v) is 6.52. The van der Waals surface area contributed by atoms with Crippen molar-refractivity contribution in [2.45, 2.75) is 0 Å². The van der Waals surface area contributed by atoms with E-state index < -0.39 is 0 Å². The number of halogens is 2. The summed E-state index contributed by atoms with van der Waals surface area (Å²) in [5.41, 5.74) is 0. The van der Waals surface area contributed by atoms with Gasteiger partial charge in [-0.1, -0.05) is 59.6 Å². The predicted octanol–water partition coefficient (Wildman–Crippen LogP) is 5.74. The van der Waals surface area contributed by atoms with Crippen LogP contribution in [0.2, 0.25) is 10.0 Å². The molecule has 1 radical (unpaired) electrons. The van der Waals surface area contributed by atoms with Crippen LogP contribution < -0.4 is 4.74 Å². The highest BCUT2D eigenvalue weighted by molar-refractivity contribution is 6.42. The molecule has 0 heterocycles. The molecule has 3 heteroatoms. The zero-order chi connectivity index (χ0) is 13.2. The highest BCUT2D eigenvalue weighted by atomic mass is 35.5. The summed E-state index contributed by atoms with van der Waals surface area (Å²) in [5.74, 6) is 1.28. The number of hydrogen-bond acceptors (Lipinski definition) is 1. The van der Waals surface area contributed by atoms with Crippen LogP contribution in [0.25, 0.3) is 10.8 Å². The monoisotopic (exact) mass is 287 g/mol. The van der Waals surface area contributed by atoms with Gasteiger partial charge in [-0.15, -0.1) is 0 Å². The van der Waals surface area contributed by atoms with Gasteiger partial charge < -0.3 is 4.74 Å². The van der Waals surface area contributed by atoms with Crippen LogP contribution >= 0.6 is 23.2 Å². The van der Waals surface area contributed by atoms with Crippen LogP contribution in [0.4, 0.5) is 0 Å². The smallest absolute Gasteiger partial charge is 0.147 e. The number of fused-ring (bicyclic) bond motifs is 1. The zero-order valence-corrected chi connectivity index (χ0v) is 11.4. The third kappa shape index (κ3) is 2.40. The molecule has 1 nitrogen and oxygen atoms in total. The van der Waals surface area contributed by atoms with Crippen LogP contribution in [0.5, 0.6) is 11.5 Å². The number of rotatable bonds is 2. The Labute approximate surface area is 121 Å². The van der Waals surface area contributed by atoms with E-state index in [-0.39, 0.29) is 0 Å². The van der Waals surface area contributed by atoms with Crippen LogP contribution in [0.3, 0.4) is 0 Å². The lowest BCUT2D eigenvalue weighted by Gasteiger charge is -2.10. The van der Waals surface area contributed by atoms with E-state index in [0.717, 1.165) is 16.5 Å². The minimum Gasteiger partial charge on any atom is -0.455 e. The lowest BCUT2D eigenvalue weighted by Crippen LogP contribution is -1.87. The molecule has 0 spiro atoms. The Kier molecular flexibility index (Phi) is 3.33. The lowest BCUT2D eigenvalue weighted by molar-refractivity contribution is 0.488. The summed E-state index contributed by atoms with van der Waals surface area (Å²) in [7, 11) is 0. The third-order valence-electron chi connectivity index (χ3n) is 2.80. The van der Waals surface area contributed by atoms with Crippen molar-refractivity contribution in [3.8, 4) is 11.5 Å². The van der Waals surface area contributed by atoms with Crippen molar-refractivity contribution in [3.05, 3.63) is 70.7 Å². The largest absolute Gasteiger partial charge is 0.455 e. The van der Waals surface area contributed by atoms with E-state index in [1.807, 2.05) is 36.4 Å². The fourth-order valence-electron chi connectivity index (χ4n) is 1.89. The average molecular weight is 288 g/mol. The molecule has 93 valence electrons. The summed E-state index contributed by atoms with van der Waals surface area (Å²) in [4.78, 5) is 0. The number of ether oxygens (including phenoxy) is 1. The van der Waals surface area contributed by atoms with E-state index in [4.69, 9.17) is 27.9 Å². The maximum absolute atomic E-state index is 6.13. The first-order chi connectivity index (χ1) is 9.25. The molecule has 3 aromatic carbocycles. The van der Waals surface area contributed by atoms with Crippen LogP contribution in [-0.4, -0.2) is 0 Å². The molecule has 0 aliphatic heterocycles. The maximum Gasteiger partial charge on any atom is 0.147 e. The molecule has 0 amide bonds. The van der Waals surface area contributed by atoms with Crippen molar-refractivity contribution in [2.24, 2.45) is 0 Å². The van der Waals surface area contributed by atoms with Crippen molar-refractivity contribution in [1.82, 2.24) is 0 Å². The lowest BCUT2D eigenvalue weighted by atomic mass is 10.1. The second kappa shape index (κ2) is 5.12. The van der Waals surface area contributed by atoms with Gasteiger partial charge in [-0.2, -0.15) is 0 Å². The molecule has 0 unspecified atom stereocenters. The van der Waals surface area contributed by atoms with Crippen molar-refractivity contribution >= 4 is 34.0 Å². The standard InChI is InChI=1S/C16H9Cl2O/c17-13-8-4-10-15(16(13)18)19-14-9-3-6-11-5-1-2-7-12(11)14/h1-5,7-10H. The maximum atomic E-state index is 6.13. The van der Waals surface area contributed by atoms with E-state index in [1.165, 1.54) is 0 Å². The molecule has 0 bridgehead atoms. The molecule has 0 saturated heterocycles. The normalized spacial score (nSPS) is 10.6. The van der Waals surface area contributed by atoms with Gasteiger partial charge in [0.25, 0.3) is 0 Å². The minimum absolute atomic E-state index is 0.418. The van der Waals surface area contributed by atoms with Crippen LogP contribution in [0.15, 0.2) is 54.6 Å². The van der Waals surface area contributed by atoms with Crippen LogP contribution in [0, 0.1) is 6.07 Å². The fraction of sp³-hybridized carbons (Fsp3) is 0. The molecule has 0 aliphatic carbocycles. The summed E-state index contributed by atoms with van der Waals surface area (Å²) in [6.45, 7) is 0. The van der Waals surface area contributed by atoms with Crippen molar-refractivity contribution in [3.63, 3.8) is 0 Å². The minimum atomic E-state index is 0.418. The number of benzene rings is 3. The molecular formula is C16H9Cl2O. The first kappa shape index (κ1) is 12.3.